The van der Waals surface area contributed by atoms with Crippen LogP contribution in [-0.4, -0.2) is 31.7 Å². The van der Waals surface area contributed by atoms with Gasteiger partial charge in [0.05, 0.1) is 11.2 Å². The number of aliphatic hydroxyl groups is 1. The largest absolute Gasteiger partial charge is 0.573 e. The van der Waals surface area contributed by atoms with Crippen LogP contribution in [0.2, 0.25) is 0 Å². The maximum atomic E-state index is 14.0. The number of ether oxygens (including phenoxy) is 1. The van der Waals surface area contributed by atoms with E-state index in [-0.39, 0.29) is 11.5 Å². The van der Waals surface area contributed by atoms with Crippen molar-refractivity contribution in [3.63, 3.8) is 0 Å². The highest BCUT2D eigenvalue weighted by Gasteiger charge is 2.71. The molecule has 0 saturated heterocycles. The topological polar surface area (TPSA) is 86.2 Å². The summed E-state index contributed by atoms with van der Waals surface area (Å²) < 4.78 is 57.5. The Kier molecular flexibility index (Phi) is 3.40. The molecule has 4 aliphatic rings. The van der Waals surface area contributed by atoms with Gasteiger partial charge in [0.25, 0.3) is 0 Å². The van der Waals surface area contributed by atoms with E-state index in [2.05, 4.69) is 14.7 Å². The summed E-state index contributed by atoms with van der Waals surface area (Å²) in [5, 5.41) is 10.6. The van der Waals surface area contributed by atoms with Gasteiger partial charge < -0.3 is 20.1 Å². The molecule has 0 radical (unpaired) electrons. The van der Waals surface area contributed by atoms with Crippen LogP contribution < -0.4 is 10.5 Å². The molecule has 0 aliphatic heterocycles. The molecule has 6 rings (SSSR count). The molecule has 6 nitrogen and oxygen atoms in total. The third-order valence-corrected chi connectivity index (χ3v) is 5.92. The molecule has 2 heterocycles. The number of rotatable bonds is 5. The van der Waals surface area contributed by atoms with Gasteiger partial charge in [-0.1, -0.05) is 0 Å². The van der Waals surface area contributed by atoms with Gasteiger partial charge in [-0.05, 0) is 24.8 Å². The number of nitrogens with zero attached hydrogens (tertiary/aromatic N) is 3. The number of aromatic nitrogens is 3. The number of hydrogen-bond acceptors (Lipinski definition) is 5. The van der Waals surface area contributed by atoms with Gasteiger partial charge in [-0.3, -0.25) is 0 Å². The van der Waals surface area contributed by atoms with Crippen LogP contribution in [0.25, 0.3) is 11.3 Å². The lowest BCUT2D eigenvalue weighted by Crippen LogP contribution is -2.70. The van der Waals surface area contributed by atoms with Gasteiger partial charge in [0.15, 0.2) is 11.6 Å². The van der Waals surface area contributed by atoms with Gasteiger partial charge in [-0.25, -0.2) is 14.4 Å². The first-order chi connectivity index (χ1) is 13.1. The Hall–Kier alpha value is -2.36. The smallest absolute Gasteiger partial charge is 0.402 e. The number of aliphatic hydroxyl groups excluding tert-OH is 1. The van der Waals surface area contributed by atoms with Crippen molar-refractivity contribution in [2.45, 2.75) is 55.8 Å². The molecule has 10 heteroatoms. The van der Waals surface area contributed by atoms with Crippen molar-refractivity contribution in [3.8, 4) is 17.0 Å². The van der Waals surface area contributed by atoms with Crippen molar-refractivity contribution in [1.29, 1.82) is 0 Å². The van der Waals surface area contributed by atoms with E-state index >= 15 is 0 Å². The highest BCUT2D eigenvalue weighted by molar-refractivity contribution is 5.64. The molecule has 150 valence electrons. The van der Waals surface area contributed by atoms with E-state index in [0.717, 1.165) is 18.9 Å². The molecule has 0 spiro atoms. The first-order valence-corrected chi connectivity index (χ1v) is 9.06. The number of imidazole rings is 1. The zero-order valence-electron chi connectivity index (χ0n) is 14.7. The fraction of sp³-hybridized carbons (Fsp3) is 0.556. The van der Waals surface area contributed by atoms with Crippen LogP contribution in [0.1, 0.15) is 44.0 Å². The van der Waals surface area contributed by atoms with Gasteiger partial charge >= 0.3 is 6.36 Å². The monoisotopic (exact) mass is 398 g/mol. The van der Waals surface area contributed by atoms with Crippen molar-refractivity contribution < 1.29 is 27.4 Å². The number of halogens is 4. The Bertz CT molecular complexity index is 934. The Labute approximate surface area is 157 Å². The lowest BCUT2D eigenvalue weighted by atomic mass is 9.47. The number of pyridine rings is 1. The van der Waals surface area contributed by atoms with Crippen LogP contribution in [0.3, 0.4) is 0 Å². The number of nitrogens with two attached hydrogens (primary N) is 1. The van der Waals surface area contributed by atoms with Gasteiger partial charge in [-0.15, -0.1) is 13.2 Å². The molecular weight excluding hydrogens is 380 g/mol. The highest BCUT2D eigenvalue weighted by atomic mass is 19.4. The predicted octanol–water partition coefficient (Wildman–Crippen LogP) is 3.47. The van der Waals surface area contributed by atoms with Crippen LogP contribution in [0.5, 0.6) is 5.75 Å². The van der Waals surface area contributed by atoms with Gasteiger partial charge in [0.2, 0.25) is 0 Å². The van der Waals surface area contributed by atoms with Crippen molar-refractivity contribution in [1.82, 2.24) is 14.5 Å². The first-order valence-electron chi connectivity index (χ1n) is 9.06. The van der Waals surface area contributed by atoms with Crippen LogP contribution in [0, 0.1) is 5.92 Å². The minimum atomic E-state index is -4.90. The minimum Gasteiger partial charge on any atom is -0.402 e. The summed E-state index contributed by atoms with van der Waals surface area (Å²) in [6.07, 6.45) is 0.135. The molecule has 1 atom stereocenters. The maximum Gasteiger partial charge on any atom is 0.573 e. The third kappa shape index (κ3) is 2.73. The molecule has 4 fully saturated rings. The molecule has 3 N–H and O–H groups in total. The lowest BCUT2D eigenvalue weighted by molar-refractivity contribution is -0.274. The van der Waals surface area contributed by atoms with Gasteiger partial charge in [0.1, 0.15) is 17.6 Å². The number of anilines is 1. The summed E-state index contributed by atoms with van der Waals surface area (Å²) in [4.78, 5) is 8.25. The van der Waals surface area contributed by atoms with Crippen LogP contribution in [-0.2, 0) is 5.54 Å². The molecule has 4 aliphatic carbocycles. The summed E-state index contributed by atoms with van der Waals surface area (Å²) in [5.41, 5.74) is 4.56. The van der Waals surface area contributed by atoms with E-state index in [0.29, 0.717) is 30.8 Å². The summed E-state index contributed by atoms with van der Waals surface area (Å²) in [6.45, 7) is 0. The fourth-order valence-electron chi connectivity index (χ4n) is 4.42. The molecule has 2 bridgehead atoms. The number of alkyl halides is 4. The summed E-state index contributed by atoms with van der Waals surface area (Å²) in [5.74, 6) is -0.474. The van der Waals surface area contributed by atoms with Crippen LogP contribution in [0.15, 0.2) is 18.5 Å². The van der Waals surface area contributed by atoms with E-state index in [9.17, 15) is 22.7 Å². The maximum absolute atomic E-state index is 14.0. The molecule has 0 unspecified atom stereocenters. The van der Waals surface area contributed by atoms with Crippen molar-refractivity contribution in [3.05, 3.63) is 24.3 Å². The average Bonchev–Trinajstić information content (AvgIpc) is 3.30. The molecule has 0 amide bonds. The molecule has 4 saturated carbocycles. The molecular formula is C18H18F4N4O2. The second-order valence-corrected chi connectivity index (χ2v) is 8.20. The Morgan fingerprint density at radius 1 is 1.29 bits per heavy atom. The number of hydrogen-bond donors (Lipinski definition) is 2. The molecule has 2 aromatic rings. The Morgan fingerprint density at radius 3 is 2.54 bits per heavy atom. The lowest BCUT2D eigenvalue weighted by Gasteiger charge is -2.66. The zero-order chi connectivity index (χ0) is 19.9. The quantitative estimate of drug-likeness (QED) is 0.754. The average molecular weight is 398 g/mol. The Morgan fingerprint density at radius 2 is 1.96 bits per heavy atom. The zero-order valence-corrected chi connectivity index (χ0v) is 14.7. The number of nitrogen functional groups attached to an aromatic ring is 1. The second kappa shape index (κ2) is 5.37. The molecule has 28 heavy (non-hydrogen) atoms. The van der Waals surface area contributed by atoms with E-state index in [1.807, 2.05) is 4.57 Å². The first kappa shape index (κ1) is 17.7. The summed E-state index contributed by atoms with van der Waals surface area (Å²) in [6, 6.07) is 1.12. The van der Waals surface area contributed by atoms with Crippen molar-refractivity contribution >= 4 is 5.82 Å². The minimum absolute atomic E-state index is 0.106. The Balaban J connectivity index is 1.53. The SMILES string of the molecule is Nc1ncc(-c2cn(C34CC(F)(C3)C4)c([C@@H](O)C3CC3)n2)cc1OC(F)(F)F. The van der Waals surface area contributed by atoms with Gasteiger partial charge in [0, 0.05) is 37.2 Å². The second-order valence-electron chi connectivity index (χ2n) is 8.20. The highest BCUT2D eigenvalue weighted by Crippen LogP contribution is 2.68. The normalized spacial score (nSPS) is 29.8. The van der Waals surface area contributed by atoms with Crippen molar-refractivity contribution in [2.24, 2.45) is 5.92 Å². The van der Waals surface area contributed by atoms with Crippen LogP contribution in [0.4, 0.5) is 23.4 Å². The standard InChI is InChI=1S/C18H18F4N4O2/c19-16-6-17(7-16,8-16)26-5-11(25-15(26)13(27)9-1-2-9)10-3-12(14(23)24-4-10)28-18(20,21)22/h3-5,9,13,27H,1-2,6-8H2,(H2,23,24)/t13-,16?,17?/m0/s1. The van der Waals surface area contributed by atoms with E-state index in [4.69, 9.17) is 5.73 Å². The summed E-state index contributed by atoms with van der Waals surface area (Å²) >= 11 is 0. The van der Waals surface area contributed by atoms with Crippen LogP contribution >= 0.6 is 0 Å². The fourth-order valence-corrected chi connectivity index (χ4v) is 4.42. The third-order valence-electron chi connectivity index (χ3n) is 5.92. The van der Waals surface area contributed by atoms with E-state index in [1.54, 1.807) is 6.20 Å². The molecule has 2 aromatic heterocycles. The summed E-state index contributed by atoms with van der Waals surface area (Å²) in [7, 11) is 0. The van der Waals surface area contributed by atoms with Crippen molar-refractivity contribution in [2.75, 3.05) is 5.73 Å². The molecule has 0 aromatic carbocycles. The predicted molar refractivity (Wildman–Crippen MR) is 89.9 cm³/mol. The van der Waals surface area contributed by atoms with E-state index < -0.39 is 35.2 Å². The van der Waals surface area contributed by atoms with E-state index in [1.165, 1.54) is 6.20 Å². The van der Waals surface area contributed by atoms with Gasteiger partial charge in [-0.2, -0.15) is 0 Å².